The van der Waals surface area contributed by atoms with Crippen LogP contribution in [-0.2, 0) is 9.53 Å². The number of hydrogen-bond acceptors (Lipinski definition) is 5. The Morgan fingerprint density at radius 2 is 2.04 bits per heavy atom. The van der Waals surface area contributed by atoms with Crippen LogP contribution >= 0.6 is 0 Å². The van der Waals surface area contributed by atoms with E-state index in [4.69, 9.17) is 14.2 Å². The zero-order valence-electron chi connectivity index (χ0n) is 14.8. The van der Waals surface area contributed by atoms with Crippen LogP contribution in [0.1, 0.15) is 13.3 Å². The number of amides is 1. The Balaban J connectivity index is 1.97. The molecule has 0 unspecified atom stereocenters. The fourth-order valence-electron chi connectivity index (χ4n) is 2.18. The van der Waals surface area contributed by atoms with Crippen LogP contribution in [0.25, 0.3) is 0 Å². The van der Waals surface area contributed by atoms with Crippen molar-refractivity contribution in [3.63, 3.8) is 0 Å². The molecule has 1 aliphatic heterocycles. The topological polar surface area (TPSA) is 93.2 Å². The second-order valence-electron chi connectivity index (χ2n) is 5.37. The van der Waals surface area contributed by atoms with Crippen molar-refractivity contribution in [2.24, 2.45) is 4.99 Å². The monoisotopic (exact) mass is 350 g/mol. The minimum Gasteiger partial charge on any atom is -0.490 e. The van der Waals surface area contributed by atoms with Gasteiger partial charge in [0.1, 0.15) is 6.54 Å². The summed E-state index contributed by atoms with van der Waals surface area (Å²) in [6.45, 7) is 4.91. The van der Waals surface area contributed by atoms with Crippen molar-refractivity contribution in [1.29, 1.82) is 0 Å². The fraction of sp³-hybridized carbons (Fsp3) is 0.529. The van der Waals surface area contributed by atoms with E-state index < -0.39 is 0 Å². The van der Waals surface area contributed by atoms with Gasteiger partial charge in [-0.1, -0.05) is 0 Å². The van der Waals surface area contributed by atoms with Crippen molar-refractivity contribution in [1.82, 2.24) is 10.6 Å². The van der Waals surface area contributed by atoms with Gasteiger partial charge in [0.15, 0.2) is 17.5 Å². The molecule has 0 radical (unpaired) electrons. The summed E-state index contributed by atoms with van der Waals surface area (Å²) < 4.78 is 16.2. The number of aliphatic imine (C=N–C) groups is 1. The smallest absolute Gasteiger partial charge is 0.241 e. The number of ether oxygens (including phenoxy) is 3. The molecule has 0 aromatic heterocycles. The Labute approximate surface area is 147 Å². The molecule has 3 N–H and O–H groups in total. The SMILES string of the molecule is CCNC(=NCC(=O)NCCOC)Nc1ccc2c(c1)OCCCO2. The summed E-state index contributed by atoms with van der Waals surface area (Å²) in [5.74, 6) is 1.81. The van der Waals surface area contributed by atoms with Crippen molar-refractivity contribution < 1.29 is 19.0 Å². The van der Waals surface area contributed by atoms with Crippen molar-refractivity contribution in [2.45, 2.75) is 13.3 Å². The highest BCUT2D eigenvalue weighted by Crippen LogP contribution is 2.32. The normalized spacial score (nSPS) is 13.8. The lowest BCUT2D eigenvalue weighted by atomic mass is 10.3. The second-order valence-corrected chi connectivity index (χ2v) is 5.37. The standard InChI is InChI=1S/C17H26N4O4/c1-3-18-17(20-12-16(22)19-7-10-23-2)21-13-5-6-14-15(11-13)25-9-4-8-24-14/h5-6,11H,3-4,7-10,12H2,1-2H3,(H,19,22)(H2,18,20,21). The number of methoxy groups -OCH3 is 1. The highest BCUT2D eigenvalue weighted by Gasteiger charge is 2.11. The summed E-state index contributed by atoms with van der Waals surface area (Å²) in [7, 11) is 1.59. The van der Waals surface area contributed by atoms with E-state index >= 15 is 0 Å². The molecule has 1 heterocycles. The van der Waals surface area contributed by atoms with Gasteiger partial charge < -0.3 is 30.2 Å². The molecule has 1 amide bonds. The number of nitrogens with one attached hydrogen (secondary N) is 3. The molecule has 8 heteroatoms. The molecule has 1 aliphatic rings. The molecular formula is C17H26N4O4. The summed E-state index contributed by atoms with van der Waals surface area (Å²) in [5, 5.41) is 9.01. The van der Waals surface area contributed by atoms with Gasteiger partial charge in [-0.2, -0.15) is 0 Å². The van der Waals surface area contributed by atoms with Crippen LogP contribution in [-0.4, -0.2) is 58.4 Å². The second kappa shape index (κ2) is 10.4. The van der Waals surface area contributed by atoms with E-state index in [0.29, 0.717) is 44.6 Å². The first kappa shape index (κ1) is 18.9. The Morgan fingerprint density at radius 3 is 2.80 bits per heavy atom. The third kappa shape index (κ3) is 6.50. The third-order valence-electron chi connectivity index (χ3n) is 3.36. The third-order valence-corrected chi connectivity index (χ3v) is 3.36. The van der Waals surface area contributed by atoms with Gasteiger partial charge in [-0.05, 0) is 19.1 Å². The molecule has 25 heavy (non-hydrogen) atoms. The quantitative estimate of drug-likeness (QED) is 0.386. The highest BCUT2D eigenvalue weighted by molar-refractivity contribution is 5.95. The van der Waals surface area contributed by atoms with Gasteiger partial charge >= 0.3 is 0 Å². The largest absolute Gasteiger partial charge is 0.490 e. The molecule has 1 aromatic rings. The van der Waals surface area contributed by atoms with E-state index in [2.05, 4.69) is 20.9 Å². The molecule has 2 rings (SSSR count). The Kier molecular flexibility index (Phi) is 7.84. The van der Waals surface area contributed by atoms with Crippen LogP contribution in [0.5, 0.6) is 11.5 Å². The van der Waals surface area contributed by atoms with E-state index in [9.17, 15) is 4.79 Å². The van der Waals surface area contributed by atoms with Crippen LogP contribution < -0.4 is 25.4 Å². The molecule has 8 nitrogen and oxygen atoms in total. The van der Waals surface area contributed by atoms with Gasteiger partial charge in [0.25, 0.3) is 0 Å². The maximum absolute atomic E-state index is 11.7. The molecule has 0 saturated carbocycles. The predicted octanol–water partition coefficient (Wildman–Crippen LogP) is 0.988. The predicted molar refractivity (Wildman–Crippen MR) is 96.5 cm³/mol. The molecule has 138 valence electrons. The first-order valence-electron chi connectivity index (χ1n) is 8.43. The number of rotatable bonds is 7. The molecule has 0 bridgehead atoms. The first-order chi connectivity index (χ1) is 12.2. The van der Waals surface area contributed by atoms with E-state index in [-0.39, 0.29) is 12.5 Å². The Bertz CT molecular complexity index is 592. The average molecular weight is 350 g/mol. The van der Waals surface area contributed by atoms with Crippen molar-refractivity contribution >= 4 is 17.6 Å². The Morgan fingerprint density at radius 1 is 1.24 bits per heavy atom. The molecular weight excluding hydrogens is 324 g/mol. The van der Waals surface area contributed by atoms with Crippen LogP contribution in [0, 0.1) is 0 Å². The van der Waals surface area contributed by atoms with Crippen molar-refractivity contribution in [3.8, 4) is 11.5 Å². The number of nitrogens with zero attached hydrogens (tertiary/aromatic N) is 1. The van der Waals surface area contributed by atoms with Gasteiger partial charge in [0.2, 0.25) is 5.91 Å². The zero-order valence-corrected chi connectivity index (χ0v) is 14.8. The van der Waals surface area contributed by atoms with Gasteiger partial charge in [-0.3, -0.25) is 4.79 Å². The number of hydrogen-bond donors (Lipinski definition) is 3. The number of carbonyl (C=O) groups is 1. The number of anilines is 1. The van der Waals surface area contributed by atoms with E-state index in [1.807, 2.05) is 25.1 Å². The van der Waals surface area contributed by atoms with Gasteiger partial charge in [0, 0.05) is 38.4 Å². The lowest BCUT2D eigenvalue weighted by molar-refractivity contribution is -0.119. The molecule has 0 spiro atoms. The summed E-state index contributed by atoms with van der Waals surface area (Å²) in [5.41, 5.74) is 0.809. The van der Waals surface area contributed by atoms with Crippen LogP contribution in [0.15, 0.2) is 23.2 Å². The van der Waals surface area contributed by atoms with Crippen LogP contribution in [0.3, 0.4) is 0 Å². The van der Waals surface area contributed by atoms with Gasteiger partial charge in [-0.25, -0.2) is 4.99 Å². The summed E-state index contributed by atoms with van der Waals surface area (Å²) >= 11 is 0. The van der Waals surface area contributed by atoms with Crippen molar-refractivity contribution in [3.05, 3.63) is 18.2 Å². The molecule has 0 atom stereocenters. The average Bonchev–Trinajstić information content (AvgIpc) is 2.85. The fourth-order valence-corrected chi connectivity index (χ4v) is 2.18. The zero-order chi connectivity index (χ0) is 17.9. The minimum absolute atomic E-state index is 0.0313. The lowest BCUT2D eigenvalue weighted by Crippen LogP contribution is -2.34. The molecule has 0 aliphatic carbocycles. The van der Waals surface area contributed by atoms with Gasteiger partial charge in [0.05, 0.1) is 19.8 Å². The molecule has 1 aromatic carbocycles. The lowest BCUT2D eigenvalue weighted by Gasteiger charge is -2.13. The van der Waals surface area contributed by atoms with E-state index in [1.54, 1.807) is 7.11 Å². The minimum atomic E-state index is -0.159. The summed E-state index contributed by atoms with van der Waals surface area (Å²) in [6, 6.07) is 5.62. The maximum atomic E-state index is 11.7. The summed E-state index contributed by atoms with van der Waals surface area (Å²) in [4.78, 5) is 16.0. The van der Waals surface area contributed by atoms with Gasteiger partial charge in [-0.15, -0.1) is 0 Å². The van der Waals surface area contributed by atoms with Crippen LogP contribution in [0.4, 0.5) is 5.69 Å². The number of carbonyl (C=O) groups excluding carboxylic acids is 1. The number of guanidine groups is 1. The first-order valence-corrected chi connectivity index (χ1v) is 8.43. The van der Waals surface area contributed by atoms with E-state index in [0.717, 1.165) is 17.9 Å². The van der Waals surface area contributed by atoms with Crippen LogP contribution in [0.2, 0.25) is 0 Å². The number of fused-ring (bicyclic) bond motifs is 1. The molecule has 0 saturated heterocycles. The maximum Gasteiger partial charge on any atom is 0.241 e. The van der Waals surface area contributed by atoms with E-state index in [1.165, 1.54) is 0 Å². The molecule has 0 fully saturated rings. The van der Waals surface area contributed by atoms with Crippen molar-refractivity contribution in [2.75, 3.05) is 51.9 Å². The Hall–Kier alpha value is -2.48. The number of benzene rings is 1. The summed E-state index contributed by atoms with van der Waals surface area (Å²) in [6.07, 6.45) is 0.861. The highest BCUT2D eigenvalue weighted by atomic mass is 16.5.